The number of nitrogens with zero attached hydrogens (tertiary/aromatic N) is 1. The van der Waals surface area contributed by atoms with E-state index in [0.29, 0.717) is 0 Å². The van der Waals surface area contributed by atoms with Gasteiger partial charge in [-0.3, -0.25) is 0 Å². The average Bonchev–Trinajstić information content (AvgIpc) is 3.23. The molecule has 1 aromatic rings. The van der Waals surface area contributed by atoms with Crippen molar-refractivity contribution < 1.29 is 0 Å². The van der Waals surface area contributed by atoms with E-state index in [9.17, 15) is 0 Å². The molecule has 0 unspecified atom stereocenters. The minimum absolute atomic E-state index is 0.823. The first-order valence-electron chi connectivity index (χ1n) is 7.78. The molecule has 1 fully saturated rings. The highest BCUT2D eigenvalue weighted by atomic mass is 15.2. The van der Waals surface area contributed by atoms with Crippen LogP contribution in [0, 0.1) is 5.92 Å². The molecule has 0 bridgehead atoms. The van der Waals surface area contributed by atoms with Gasteiger partial charge >= 0.3 is 0 Å². The van der Waals surface area contributed by atoms with Crippen molar-refractivity contribution in [2.75, 3.05) is 25.0 Å². The van der Waals surface area contributed by atoms with Gasteiger partial charge in [0.1, 0.15) is 0 Å². The van der Waals surface area contributed by atoms with Crippen molar-refractivity contribution in [3.8, 4) is 0 Å². The number of anilines is 1. The summed E-state index contributed by atoms with van der Waals surface area (Å²) in [5, 5.41) is 3.50. The Morgan fingerprint density at radius 2 is 1.89 bits per heavy atom. The molecule has 106 valence electrons. The largest absolute Gasteiger partial charge is 0.385 e. The molecule has 1 aliphatic rings. The monoisotopic (exact) mass is 260 g/mol. The first-order valence-corrected chi connectivity index (χ1v) is 7.78. The van der Waals surface area contributed by atoms with E-state index >= 15 is 0 Å². The lowest BCUT2D eigenvalue weighted by molar-refractivity contribution is 0.247. The van der Waals surface area contributed by atoms with Gasteiger partial charge in [0.25, 0.3) is 0 Å². The first kappa shape index (κ1) is 14.4. The molecule has 0 heterocycles. The van der Waals surface area contributed by atoms with E-state index < -0.39 is 0 Å². The lowest BCUT2D eigenvalue weighted by atomic mass is 10.1. The van der Waals surface area contributed by atoms with Crippen LogP contribution in [0.1, 0.15) is 39.5 Å². The molecule has 1 N–H and O–H groups in total. The third-order valence-electron chi connectivity index (χ3n) is 3.78. The Hall–Kier alpha value is -1.02. The Morgan fingerprint density at radius 3 is 2.53 bits per heavy atom. The molecule has 19 heavy (non-hydrogen) atoms. The van der Waals surface area contributed by atoms with Crippen molar-refractivity contribution >= 4 is 5.69 Å². The summed E-state index contributed by atoms with van der Waals surface area (Å²) in [5.74, 6) is 0.823. The van der Waals surface area contributed by atoms with Crippen molar-refractivity contribution in [2.45, 2.75) is 45.6 Å². The van der Waals surface area contributed by atoms with Gasteiger partial charge in [-0.15, -0.1) is 0 Å². The molecular formula is C17H28N2. The third kappa shape index (κ3) is 5.65. The van der Waals surface area contributed by atoms with Crippen LogP contribution in [0.5, 0.6) is 0 Å². The molecule has 0 aromatic heterocycles. The summed E-state index contributed by atoms with van der Waals surface area (Å²) in [5.41, 5.74) is 1.24. The van der Waals surface area contributed by atoms with Crippen LogP contribution in [0.25, 0.3) is 0 Å². The van der Waals surface area contributed by atoms with E-state index in [-0.39, 0.29) is 0 Å². The summed E-state index contributed by atoms with van der Waals surface area (Å²) in [6.07, 6.45) is 5.42. The highest BCUT2D eigenvalue weighted by Crippen LogP contribution is 2.27. The molecule has 1 aliphatic carbocycles. The summed E-state index contributed by atoms with van der Waals surface area (Å²) in [6.45, 7) is 8.25. The van der Waals surface area contributed by atoms with Gasteiger partial charge < -0.3 is 10.2 Å². The second kappa shape index (κ2) is 7.54. The van der Waals surface area contributed by atoms with E-state index in [4.69, 9.17) is 0 Å². The molecule has 1 saturated carbocycles. The van der Waals surface area contributed by atoms with Crippen LogP contribution in [0.3, 0.4) is 0 Å². The Morgan fingerprint density at radius 1 is 1.16 bits per heavy atom. The molecule has 2 rings (SSSR count). The fourth-order valence-electron chi connectivity index (χ4n) is 2.41. The van der Waals surface area contributed by atoms with Crippen molar-refractivity contribution in [1.82, 2.24) is 4.90 Å². The summed E-state index contributed by atoms with van der Waals surface area (Å²) in [6, 6.07) is 11.4. The molecule has 0 aliphatic heterocycles. The summed E-state index contributed by atoms with van der Waals surface area (Å²) >= 11 is 0. The molecule has 0 radical (unpaired) electrons. The van der Waals surface area contributed by atoms with Crippen LogP contribution in [0.15, 0.2) is 30.3 Å². The molecule has 0 amide bonds. The number of hydrogen-bond donors (Lipinski definition) is 1. The number of nitrogens with one attached hydrogen (secondary N) is 1. The van der Waals surface area contributed by atoms with Crippen molar-refractivity contribution in [1.29, 1.82) is 0 Å². The summed E-state index contributed by atoms with van der Waals surface area (Å²) < 4.78 is 0. The molecule has 2 heteroatoms. The second-order valence-corrected chi connectivity index (χ2v) is 6.10. The fraction of sp³-hybridized carbons (Fsp3) is 0.647. The molecule has 0 saturated heterocycles. The van der Waals surface area contributed by atoms with Gasteiger partial charge in [0.15, 0.2) is 0 Å². The van der Waals surface area contributed by atoms with Gasteiger partial charge in [-0.2, -0.15) is 0 Å². The Kier molecular flexibility index (Phi) is 5.71. The highest BCUT2D eigenvalue weighted by Gasteiger charge is 2.28. The quantitative estimate of drug-likeness (QED) is 0.675. The van der Waals surface area contributed by atoms with Crippen LogP contribution in [0.4, 0.5) is 5.69 Å². The zero-order valence-electron chi connectivity index (χ0n) is 12.4. The number of rotatable bonds is 9. The van der Waals surface area contributed by atoms with E-state index in [1.807, 2.05) is 0 Å². The Bertz CT molecular complexity index is 344. The second-order valence-electron chi connectivity index (χ2n) is 6.10. The molecular weight excluding hydrogens is 232 g/mol. The molecule has 1 aromatic carbocycles. The summed E-state index contributed by atoms with van der Waals surface area (Å²) in [4.78, 5) is 2.70. The minimum atomic E-state index is 0.823. The van der Waals surface area contributed by atoms with E-state index in [1.165, 1.54) is 44.5 Å². The zero-order valence-corrected chi connectivity index (χ0v) is 12.4. The minimum Gasteiger partial charge on any atom is -0.385 e. The number of para-hydroxylation sites is 1. The van der Waals surface area contributed by atoms with Gasteiger partial charge in [-0.25, -0.2) is 0 Å². The van der Waals surface area contributed by atoms with Crippen LogP contribution >= 0.6 is 0 Å². The maximum Gasteiger partial charge on any atom is 0.0340 e. The standard InChI is InChI=1S/C17H28N2/c1-15(2)11-14-19(17-9-10-17)13-6-12-18-16-7-4-3-5-8-16/h3-5,7-8,15,17-18H,6,9-14H2,1-2H3. The Labute approximate surface area is 118 Å². The lowest BCUT2D eigenvalue weighted by Crippen LogP contribution is -2.30. The predicted octanol–water partition coefficient (Wildman–Crippen LogP) is 4.00. The number of hydrogen-bond acceptors (Lipinski definition) is 2. The van der Waals surface area contributed by atoms with Crippen molar-refractivity contribution in [3.63, 3.8) is 0 Å². The fourth-order valence-corrected chi connectivity index (χ4v) is 2.41. The van der Waals surface area contributed by atoms with E-state index in [0.717, 1.165) is 18.5 Å². The zero-order chi connectivity index (χ0) is 13.5. The maximum atomic E-state index is 3.50. The van der Waals surface area contributed by atoms with Crippen LogP contribution in [-0.2, 0) is 0 Å². The van der Waals surface area contributed by atoms with Crippen molar-refractivity contribution in [2.24, 2.45) is 5.92 Å². The topological polar surface area (TPSA) is 15.3 Å². The first-order chi connectivity index (χ1) is 9.25. The summed E-state index contributed by atoms with van der Waals surface area (Å²) in [7, 11) is 0. The van der Waals surface area contributed by atoms with E-state index in [2.05, 4.69) is 54.4 Å². The van der Waals surface area contributed by atoms with Crippen molar-refractivity contribution in [3.05, 3.63) is 30.3 Å². The molecule has 0 atom stereocenters. The van der Waals surface area contributed by atoms with Gasteiger partial charge in [-0.05, 0) is 50.3 Å². The van der Waals surface area contributed by atoms with Gasteiger partial charge in [0, 0.05) is 24.8 Å². The predicted molar refractivity (Wildman–Crippen MR) is 83.6 cm³/mol. The third-order valence-corrected chi connectivity index (χ3v) is 3.78. The molecule has 0 spiro atoms. The maximum absolute atomic E-state index is 3.50. The SMILES string of the molecule is CC(C)CCN(CCCNc1ccccc1)C1CC1. The van der Waals surface area contributed by atoms with Crippen LogP contribution in [-0.4, -0.2) is 30.6 Å². The molecule has 2 nitrogen and oxygen atoms in total. The number of benzene rings is 1. The van der Waals surface area contributed by atoms with Crippen LogP contribution in [0.2, 0.25) is 0 Å². The average molecular weight is 260 g/mol. The normalized spacial score (nSPS) is 15.2. The van der Waals surface area contributed by atoms with E-state index in [1.54, 1.807) is 0 Å². The smallest absolute Gasteiger partial charge is 0.0340 e. The lowest BCUT2D eigenvalue weighted by Gasteiger charge is -2.23. The van der Waals surface area contributed by atoms with Gasteiger partial charge in [-0.1, -0.05) is 32.0 Å². The van der Waals surface area contributed by atoms with Gasteiger partial charge in [0.05, 0.1) is 0 Å². The van der Waals surface area contributed by atoms with Gasteiger partial charge in [0.2, 0.25) is 0 Å². The van der Waals surface area contributed by atoms with Crippen LogP contribution < -0.4 is 5.32 Å². The highest BCUT2D eigenvalue weighted by molar-refractivity contribution is 5.42. The Balaban J connectivity index is 1.62.